The van der Waals surface area contributed by atoms with Gasteiger partial charge >= 0.3 is 6.09 Å². The van der Waals surface area contributed by atoms with Crippen molar-refractivity contribution < 1.29 is 29.0 Å². The van der Waals surface area contributed by atoms with Gasteiger partial charge in [0.05, 0.1) is 6.42 Å². The number of fused-ring (bicyclic) bond motifs is 1. The Balaban J connectivity index is 2.02. The number of carbonyl (C=O) groups excluding carboxylic acids is 4. The number of aromatic hydroxyl groups is 1. The topological polar surface area (TPSA) is 151 Å². The van der Waals surface area contributed by atoms with Crippen molar-refractivity contribution in [2.24, 2.45) is 5.73 Å². The minimum Gasteiger partial charge on any atom is -0.508 e. The third-order valence-corrected chi connectivity index (χ3v) is 6.22. The number of anilines is 1. The molecule has 5 N–H and O–H groups in total. The summed E-state index contributed by atoms with van der Waals surface area (Å²) in [5, 5.41) is 17.2. The molecule has 3 aromatic carbocycles. The van der Waals surface area contributed by atoms with E-state index < -0.39 is 47.9 Å². The Hall–Kier alpha value is -4.60. The van der Waals surface area contributed by atoms with E-state index in [1.807, 2.05) is 43.3 Å². The van der Waals surface area contributed by atoms with E-state index >= 15 is 0 Å². The number of nitrogens with one attached hydrogen (secondary N) is 2. The quantitative estimate of drug-likeness (QED) is 0.268. The normalized spacial score (nSPS) is 12.7. The van der Waals surface area contributed by atoms with E-state index in [0.29, 0.717) is 24.1 Å². The van der Waals surface area contributed by atoms with Gasteiger partial charge in [-0.3, -0.25) is 14.4 Å². The van der Waals surface area contributed by atoms with Crippen LogP contribution in [0.25, 0.3) is 10.8 Å². The molecule has 0 aliphatic rings. The molecule has 0 heterocycles. The molecule has 4 amide bonds. The summed E-state index contributed by atoms with van der Waals surface area (Å²) < 4.78 is 5.30. The second kappa shape index (κ2) is 13.6. The first-order valence-corrected chi connectivity index (χ1v) is 13.5. The molecule has 0 saturated heterocycles. The maximum atomic E-state index is 14.0. The number of alkyl carbamates (subject to hydrolysis) is 1. The smallest absolute Gasteiger partial charge is 0.408 e. The molecular formula is C31H38N4O6. The summed E-state index contributed by atoms with van der Waals surface area (Å²) in [6.45, 7) is 7.10. The van der Waals surface area contributed by atoms with E-state index in [2.05, 4.69) is 10.6 Å². The first-order valence-electron chi connectivity index (χ1n) is 13.5. The average molecular weight is 563 g/mol. The van der Waals surface area contributed by atoms with Crippen LogP contribution in [-0.4, -0.2) is 52.0 Å². The van der Waals surface area contributed by atoms with Gasteiger partial charge in [0.15, 0.2) is 0 Å². The molecule has 0 radical (unpaired) electrons. The van der Waals surface area contributed by atoms with Crippen LogP contribution in [0.15, 0.2) is 66.7 Å². The van der Waals surface area contributed by atoms with Gasteiger partial charge in [0.1, 0.15) is 23.4 Å². The molecule has 2 atom stereocenters. The van der Waals surface area contributed by atoms with Crippen LogP contribution in [0.5, 0.6) is 5.75 Å². The van der Waals surface area contributed by atoms with Gasteiger partial charge in [0.25, 0.3) is 5.91 Å². The van der Waals surface area contributed by atoms with Crippen molar-refractivity contribution in [1.29, 1.82) is 0 Å². The fraction of sp³-hybridized carbons (Fsp3) is 0.355. The molecule has 0 saturated carbocycles. The lowest BCUT2D eigenvalue weighted by molar-refractivity contribution is -0.142. The van der Waals surface area contributed by atoms with Crippen LogP contribution in [0.2, 0.25) is 0 Å². The number of ether oxygens (including phenoxy) is 1. The number of rotatable bonds is 11. The van der Waals surface area contributed by atoms with Crippen LogP contribution in [0.4, 0.5) is 10.5 Å². The first-order chi connectivity index (χ1) is 19.4. The maximum absolute atomic E-state index is 14.0. The lowest BCUT2D eigenvalue weighted by Crippen LogP contribution is -2.53. The van der Waals surface area contributed by atoms with Crippen molar-refractivity contribution in [1.82, 2.24) is 10.2 Å². The Bertz CT molecular complexity index is 1380. The van der Waals surface area contributed by atoms with Gasteiger partial charge in [-0.05, 0) is 67.8 Å². The minimum atomic E-state index is -1.37. The Labute approximate surface area is 239 Å². The van der Waals surface area contributed by atoms with E-state index in [9.17, 15) is 24.3 Å². The predicted molar refractivity (Wildman–Crippen MR) is 157 cm³/mol. The molecule has 10 heteroatoms. The minimum absolute atomic E-state index is 0.00734. The molecular weight excluding hydrogens is 524 g/mol. The van der Waals surface area contributed by atoms with E-state index in [4.69, 9.17) is 10.5 Å². The largest absolute Gasteiger partial charge is 0.508 e. The summed E-state index contributed by atoms with van der Waals surface area (Å²) in [4.78, 5) is 53.8. The van der Waals surface area contributed by atoms with Gasteiger partial charge in [0, 0.05) is 12.2 Å². The van der Waals surface area contributed by atoms with E-state index in [1.54, 1.807) is 39.0 Å². The predicted octanol–water partition coefficient (Wildman–Crippen LogP) is 4.62. The lowest BCUT2D eigenvalue weighted by atomic mass is 10.0. The Kier molecular flexibility index (Phi) is 10.3. The molecule has 0 spiro atoms. The van der Waals surface area contributed by atoms with Crippen molar-refractivity contribution in [3.8, 4) is 5.75 Å². The summed E-state index contributed by atoms with van der Waals surface area (Å²) in [5.74, 6) is -2.00. The molecule has 0 aliphatic heterocycles. The molecule has 0 fully saturated rings. The highest BCUT2D eigenvalue weighted by atomic mass is 16.6. The number of benzene rings is 3. The molecule has 3 rings (SSSR count). The van der Waals surface area contributed by atoms with Crippen molar-refractivity contribution in [3.63, 3.8) is 0 Å². The number of unbranched alkanes of at least 4 members (excludes halogenated alkanes) is 1. The number of carbonyl (C=O) groups is 4. The highest BCUT2D eigenvalue weighted by Crippen LogP contribution is 2.28. The Morgan fingerprint density at radius 1 is 0.976 bits per heavy atom. The summed E-state index contributed by atoms with van der Waals surface area (Å²) in [5.41, 5.74) is 5.55. The summed E-state index contributed by atoms with van der Waals surface area (Å²) in [7, 11) is 0. The summed E-state index contributed by atoms with van der Waals surface area (Å²) in [6.07, 6.45) is -0.137. The van der Waals surface area contributed by atoms with Gasteiger partial charge in [-0.15, -0.1) is 0 Å². The van der Waals surface area contributed by atoms with Gasteiger partial charge in [-0.25, -0.2) is 4.79 Å². The number of nitrogens with zero attached hydrogens (tertiary/aromatic N) is 1. The Morgan fingerprint density at radius 2 is 1.63 bits per heavy atom. The third kappa shape index (κ3) is 8.96. The number of hydrogen-bond acceptors (Lipinski definition) is 6. The molecule has 0 bridgehead atoms. The molecule has 218 valence electrons. The molecule has 3 aromatic rings. The van der Waals surface area contributed by atoms with Crippen LogP contribution in [0, 0.1) is 0 Å². The van der Waals surface area contributed by atoms with Crippen LogP contribution in [0.1, 0.15) is 58.6 Å². The SMILES string of the molecule is CCCCN(C(=O)C(CC(N)=O)NC(=O)OC(C)(C)C)C(C(=O)Nc1ccc2ccccc2c1)c1ccc(O)cc1. The number of amides is 4. The Morgan fingerprint density at radius 3 is 2.24 bits per heavy atom. The van der Waals surface area contributed by atoms with E-state index in [1.165, 1.54) is 17.0 Å². The fourth-order valence-corrected chi connectivity index (χ4v) is 4.35. The van der Waals surface area contributed by atoms with Crippen molar-refractivity contribution in [2.75, 3.05) is 11.9 Å². The second-order valence-corrected chi connectivity index (χ2v) is 10.8. The standard InChI is InChI=1S/C31H38N4O6/c1-5-6-17-35(29(39)25(19-26(32)37)34-30(40)41-31(2,3)4)27(21-12-15-24(36)16-13-21)28(38)33-23-14-11-20-9-7-8-10-22(20)18-23/h7-16,18,25,27,36H,5-6,17,19H2,1-4H3,(H2,32,37)(H,33,38)(H,34,40). The zero-order valence-electron chi connectivity index (χ0n) is 23.8. The maximum Gasteiger partial charge on any atom is 0.408 e. The number of nitrogens with two attached hydrogens (primary N) is 1. The van der Waals surface area contributed by atoms with E-state index in [-0.39, 0.29) is 12.3 Å². The van der Waals surface area contributed by atoms with E-state index in [0.717, 1.165) is 10.8 Å². The second-order valence-electron chi connectivity index (χ2n) is 10.8. The molecule has 2 unspecified atom stereocenters. The van der Waals surface area contributed by atoms with Gasteiger partial charge in [-0.1, -0.05) is 55.8 Å². The van der Waals surface area contributed by atoms with Crippen molar-refractivity contribution in [2.45, 2.75) is 64.6 Å². The van der Waals surface area contributed by atoms with Crippen LogP contribution in [-0.2, 0) is 19.1 Å². The van der Waals surface area contributed by atoms with Gasteiger partial charge in [0.2, 0.25) is 11.8 Å². The number of primary amides is 1. The van der Waals surface area contributed by atoms with Gasteiger partial charge in [-0.2, -0.15) is 0 Å². The molecule has 41 heavy (non-hydrogen) atoms. The number of phenolic OH excluding ortho intramolecular Hbond substituents is 1. The monoisotopic (exact) mass is 562 g/mol. The number of phenols is 1. The van der Waals surface area contributed by atoms with Crippen molar-refractivity contribution in [3.05, 3.63) is 72.3 Å². The highest BCUT2D eigenvalue weighted by molar-refractivity contribution is 6.01. The fourth-order valence-electron chi connectivity index (χ4n) is 4.35. The zero-order chi connectivity index (χ0) is 30.2. The molecule has 0 aliphatic carbocycles. The van der Waals surface area contributed by atoms with Crippen LogP contribution < -0.4 is 16.4 Å². The molecule has 10 nitrogen and oxygen atoms in total. The average Bonchev–Trinajstić information content (AvgIpc) is 2.89. The first kappa shape index (κ1) is 30.9. The highest BCUT2D eigenvalue weighted by Gasteiger charge is 2.37. The summed E-state index contributed by atoms with van der Waals surface area (Å²) >= 11 is 0. The van der Waals surface area contributed by atoms with Crippen molar-refractivity contribution >= 4 is 40.3 Å². The molecule has 0 aromatic heterocycles. The zero-order valence-corrected chi connectivity index (χ0v) is 23.8. The van der Waals surface area contributed by atoms with Crippen LogP contribution >= 0.6 is 0 Å². The summed E-state index contributed by atoms with van der Waals surface area (Å²) in [6, 6.07) is 16.6. The lowest BCUT2D eigenvalue weighted by Gasteiger charge is -2.34. The number of hydrogen-bond donors (Lipinski definition) is 4. The van der Waals surface area contributed by atoms with Crippen LogP contribution in [0.3, 0.4) is 0 Å². The third-order valence-electron chi connectivity index (χ3n) is 6.22. The van der Waals surface area contributed by atoms with Gasteiger partial charge < -0.3 is 31.1 Å².